The van der Waals surface area contributed by atoms with Crippen molar-refractivity contribution >= 4 is 17.8 Å². The first-order valence-corrected chi connectivity index (χ1v) is 12.6. The lowest BCUT2D eigenvalue weighted by atomic mass is 10.0. The maximum atomic E-state index is 14.0. The molecule has 0 aliphatic heterocycles. The summed E-state index contributed by atoms with van der Waals surface area (Å²) in [7, 11) is 1.31. The van der Waals surface area contributed by atoms with Crippen molar-refractivity contribution in [2.75, 3.05) is 13.7 Å². The Morgan fingerprint density at radius 3 is 2.36 bits per heavy atom. The normalized spacial score (nSPS) is 13.0. The zero-order valence-corrected chi connectivity index (χ0v) is 23.1. The molecule has 0 aliphatic rings. The molecule has 0 saturated carbocycles. The average molecular weight is 591 g/mol. The van der Waals surface area contributed by atoms with Crippen LogP contribution in [0.15, 0.2) is 60.8 Å². The number of pyridine rings is 1. The number of hydrogen-bond donors (Lipinski definition) is 1. The molecule has 3 aromatic rings. The Morgan fingerprint density at radius 1 is 1.00 bits per heavy atom. The van der Waals surface area contributed by atoms with Gasteiger partial charge in [0, 0.05) is 30.8 Å². The fourth-order valence-corrected chi connectivity index (χ4v) is 3.75. The molecular weight excluding hydrogens is 561 g/mol. The number of amides is 1. The number of carbonyl (C=O) groups is 3. The molecule has 1 heterocycles. The van der Waals surface area contributed by atoms with E-state index in [0.717, 1.165) is 19.1 Å². The number of alkyl halides is 2. The predicted octanol–water partition coefficient (Wildman–Crippen LogP) is 4.67. The van der Waals surface area contributed by atoms with Gasteiger partial charge in [0.1, 0.15) is 36.1 Å². The summed E-state index contributed by atoms with van der Waals surface area (Å²) < 4.78 is 66.7. The number of carbonyl (C=O) groups excluding carboxylic acids is 3. The second-order valence-corrected chi connectivity index (χ2v) is 8.86. The van der Waals surface area contributed by atoms with Gasteiger partial charge in [0.15, 0.2) is 17.5 Å². The first kappa shape index (κ1) is 31.7. The van der Waals surface area contributed by atoms with Gasteiger partial charge in [0.2, 0.25) is 5.75 Å². The molecule has 1 amide bonds. The number of methoxy groups -OCH3 is 1. The number of ether oxygens (including phenoxy) is 5. The van der Waals surface area contributed by atoms with Gasteiger partial charge in [-0.25, -0.2) is 22.9 Å². The smallest absolute Gasteiger partial charge is 0.328 e. The number of benzene rings is 2. The van der Waals surface area contributed by atoms with Crippen molar-refractivity contribution in [1.82, 2.24) is 10.3 Å². The summed E-state index contributed by atoms with van der Waals surface area (Å²) in [5.74, 6) is -3.25. The van der Waals surface area contributed by atoms with Gasteiger partial charge >= 0.3 is 11.9 Å². The summed E-state index contributed by atoms with van der Waals surface area (Å²) in [6.07, 6.45) is -3.80. The number of hydrogen-bond acceptors (Lipinski definition) is 9. The van der Waals surface area contributed by atoms with E-state index in [1.54, 1.807) is 30.3 Å². The van der Waals surface area contributed by atoms with Gasteiger partial charge in [-0.1, -0.05) is 18.2 Å². The Kier molecular flexibility index (Phi) is 11.1. The number of rotatable bonds is 13. The van der Waals surface area contributed by atoms with Crippen LogP contribution in [-0.4, -0.2) is 55.1 Å². The van der Waals surface area contributed by atoms with E-state index in [9.17, 15) is 27.6 Å². The van der Waals surface area contributed by atoms with Crippen molar-refractivity contribution in [1.29, 1.82) is 0 Å². The highest BCUT2D eigenvalue weighted by molar-refractivity contribution is 5.98. The Hall–Kier alpha value is -4.81. The summed E-state index contributed by atoms with van der Waals surface area (Å²) in [6, 6.07) is 11.8. The number of esters is 2. The number of nitrogens with zero attached hydrogens (tertiary/aromatic N) is 1. The summed E-state index contributed by atoms with van der Waals surface area (Å²) in [5, 5.41) is 2.43. The van der Waals surface area contributed by atoms with E-state index in [1.807, 2.05) is 0 Å². The molecule has 0 saturated heterocycles. The van der Waals surface area contributed by atoms with E-state index in [4.69, 9.17) is 23.7 Å². The first-order valence-electron chi connectivity index (χ1n) is 12.6. The molecule has 1 aromatic heterocycles. The second-order valence-electron chi connectivity index (χ2n) is 8.86. The zero-order valence-electron chi connectivity index (χ0n) is 23.1. The molecule has 0 radical (unpaired) electrons. The van der Waals surface area contributed by atoms with Gasteiger partial charge in [0.25, 0.3) is 12.3 Å². The largest absolute Gasteiger partial charge is 0.493 e. The van der Waals surface area contributed by atoms with E-state index in [0.29, 0.717) is 5.75 Å². The molecule has 10 nitrogen and oxygen atoms in total. The second kappa shape index (κ2) is 14.7. The van der Waals surface area contributed by atoms with E-state index in [2.05, 4.69) is 10.3 Å². The molecule has 0 bridgehead atoms. The van der Waals surface area contributed by atoms with Crippen LogP contribution in [0, 0.1) is 5.82 Å². The van der Waals surface area contributed by atoms with Gasteiger partial charge < -0.3 is 29.0 Å². The minimum atomic E-state index is -2.82. The van der Waals surface area contributed by atoms with Crippen LogP contribution in [0.5, 0.6) is 23.0 Å². The van der Waals surface area contributed by atoms with Crippen LogP contribution in [0.1, 0.15) is 42.9 Å². The molecule has 0 spiro atoms. The molecular formula is C29H29F3N2O8. The summed E-state index contributed by atoms with van der Waals surface area (Å²) >= 11 is 0. The van der Waals surface area contributed by atoms with E-state index < -0.39 is 54.9 Å². The maximum absolute atomic E-state index is 14.0. The molecule has 3 atom stereocenters. The Labute approximate surface area is 239 Å². The standard InChI is InChI=1S/C29H29F3N2O8/c1-16(34-28(36)25-27(41-18(3)35)22(38-4)12-13-33-25)29(37)40-17(2)26(42-20-8-6-5-7-9-20)21-11-10-19(30)14-23(21)39-15-24(31)32/h5-14,16-17,24,26H,15H2,1-4H3,(H,34,36)/t16-,17-,26-/m0/s1. The van der Waals surface area contributed by atoms with Crippen LogP contribution >= 0.6 is 0 Å². The van der Waals surface area contributed by atoms with Crippen molar-refractivity contribution in [3.63, 3.8) is 0 Å². The Morgan fingerprint density at radius 2 is 1.71 bits per heavy atom. The summed E-state index contributed by atoms with van der Waals surface area (Å²) in [4.78, 5) is 41.5. The quantitative estimate of drug-likeness (QED) is 0.283. The lowest BCUT2D eigenvalue weighted by Gasteiger charge is -2.28. The fourth-order valence-electron chi connectivity index (χ4n) is 3.75. The molecule has 2 aromatic carbocycles. The highest BCUT2D eigenvalue weighted by Crippen LogP contribution is 2.34. The highest BCUT2D eigenvalue weighted by Gasteiger charge is 2.31. The molecule has 0 aliphatic carbocycles. The molecule has 224 valence electrons. The van der Waals surface area contributed by atoms with Crippen LogP contribution < -0.4 is 24.3 Å². The van der Waals surface area contributed by atoms with Crippen molar-refractivity contribution in [2.24, 2.45) is 0 Å². The lowest BCUT2D eigenvalue weighted by Crippen LogP contribution is -2.42. The van der Waals surface area contributed by atoms with E-state index in [-0.39, 0.29) is 28.5 Å². The van der Waals surface area contributed by atoms with Crippen LogP contribution in [0.4, 0.5) is 13.2 Å². The molecule has 1 N–H and O–H groups in total. The molecule has 0 fully saturated rings. The molecule has 0 unspecified atom stereocenters. The SMILES string of the molecule is COc1ccnc(C(=O)N[C@@H](C)C(=O)O[C@@H](C)[C@H](Oc2ccccc2)c2ccc(F)cc2OCC(F)F)c1OC(C)=O. The topological polar surface area (TPSA) is 122 Å². The van der Waals surface area contributed by atoms with E-state index >= 15 is 0 Å². The third-order valence-electron chi connectivity index (χ3n) is 5.63. The monoisotopic (exact) mass is 590 g/mol. The number of nitrogens with one attached hydrogen (secondary N) is 1. The highest BCUT2D eigenvalue weighted by atomic mass is 19.3. The first-order chi connectivity index (χ1) is 20.0. The van der Waals surface area contributed by atoms with Crippen molar-refractivity contribution in [3.8, 4) is 23.0 Å². The minimum Gasteiger partial charge on any atom is -0.493 e. The molecule has 13 heteroatoms. The van der Waals surface area contributed by atoms with Gasteiger partial charge in [-0.15, -0.1) is 0 Å². The van der Waals surface area contributed by atoms with Gasteiger partial charge in [-0.3, -0.25) is 9.59 Å². The number of aromatic nitrogens is 1. The summed E-state index contributed by atoms with van der Waals surface area (Å²) in [5.41, 5.74) is -0.167. The van der Waals surface area contributed by atoms with Crippen molar-refractivity contribution in [2.45, 2.75) is 45.4 Å². The van der Waals surface area contributed by atoms with Crippen molar-refractivity contribution in [3.05, 3.63) is 77.9 Å². The third-order valence-corrected chi connectivity index (χ3v) is 5.63. The Balaban J connectivity index is 1.83. The van der Waals surface area contributed by atoms with Gasteiger partial charge in [-0.05, 0) is 38.1 Å². The predicted molar refractivity (Wildman–Crippen MR) is 142 cm³/mol. The van der Waals surface area contributed by atoms with Crippen molar-refractivity contribution < 1.29 is 51.2 Å². The van der Waals surface area contributed by atoms with Crippen LogP contribution in [-0.2, 0) is 14.3 Å². The molecule has 42 heavy (non-hydrogen) atoms. The third kappa shape index (κ3) is 8.59. The Bertz CT molecular complexity index is 1390. The average Bonchev–Trinajstić information content (AvgIpc) is 2.95. The van der Waals surface area contributed by atoms with Crippen LogP contribution in [0.3, 0.4) is 0 Å². The zero-order chi connectivity index (χ0) is 30.8. The fraction of sp³-hybridized carbons (Fsp3) is 0.310. The summed E-state index contributed by atoms with van der Waals surface area (Å²) in [6.45, 7) is 2.96. The molecule has 3 rings (SSSR count). The van der Waals surface area contributed by atoms with Gasteiger partial charge in [0.05, 0.1) is 7.11 Å². The van der Waals surface area contributed by atoms with Crippen LogP contribution in [0.25, 0.3) is 0 Å². The van der Waals surface area contributed by atoms with Crippen LogP contribution in [0.2, 0.25) is 0 Å². The minimum absolute atomic E-state index is 0.0688. The number of para-hydroxylation sites is 1. The number of halogens is 3. The lowest BCUT2D eigenvalue weighted by molar-refractivity contribution is -0.154. The maximum Gasteiger partial charge on any atom is 0.328 e. The van der Waals surface area contributed by atoms with E-state index in [1.165, 1.54) is 39.3 Å². The van der Waals surface area contributed by atoms with Gasteiger partial charge in [-0.2, -0.15) is 0 Å².